The molecule has 10 heavy (non-hydrogen) atoms. The second-order valence-electron chi connectivity index (χ2n) is 2.12. The molecular formula is C8H16OS. The van der Waals surface area contributed by atoms with Crippen molar-refractivity contribution in [1.82, 2.24) is 0 Å². The maximum atomic E-state index is 8.74. The summed E-state index contributed by atoms with van der Waals surface area (Å²) in [6.07, 6.45) is 4.44. The van der Waals surface area contributed by atoms with Crippen molar-refractivity contribution in [3.63, 3.8) is 0 Å². The molecule has 0 aromatic heterocycles. The van der Waals surface area contributed by atoms with Gasteiger partial charge in [-0.1, -0.05) is 19.4 Å². The Balaban J connectivity index is 3.27. The normalized spacial score (nSPS) is 12.1. The predicted octanol–water partition coefficient (Wildman–Crippen LogP) is 2.42. The van der Waals surface area contributed by atoms with E-state index in [4.69, 9.17) is 5.11 Å². The summed E-state index contributed by atoms with van der Waals surface area (Å²) in [7, 11) is 0. The van der Waals surface area contributed by atoms with Crippen molar-refractivity contribution in [3.8, 4) is 0 Å². The van der Waals surface area contributed by atoms with Crippen LogP contribution in [0, 0.1) is 0 Å². The average Bonchev–Trinajstić information content (AvgIpc) is 1.99. The van der Waals surface area contributed by atoms with Gasteiger partial charge in [-0.25, -0.2) is 0 Å². The van der Waals surface area contributed by atoms with Crippen LogP contribution in [0.1, 0.15) is 26.7 Å². The highest BCUT2D eigenvalue weighted by molar-refractivity contribution is 8.03. The van der Waals surface area contributed by atoms with E-state index in [2.05, 4.69) is 6.92 Å². The molecule has 1 nitrogen and oxygen atoms in total. The van der Waals surface area contributed by atoms with Crippen LogP contribution in [-0.2, 0) is 0 Å². The molecule has 0 aromatic carbocycles. The molecule has 0 bridgehead atoms. The van der Waals surface area contributed by atoms with Crippen LogP contribution in [0.15, 0.2) is 11.0 Å². The van der Waals surface area contributed by atoms with Crippen molar-refractivity contribution >= 4 is 11.8 Å². The maximum absolute atomic E-state index is 8.74. The van der Waals surface area contributed by atoms with Gasteiger partial charge in [0.05, 0.1) is 6.61 Å². The maximum Gasteiger partial charge on any atom is 0.0737 e. The summed E-state index contributed by atoms with van der Waals surface area (Å²) in [5.41, 5.74) is 0. The van der Waals surface area contributed by atoms with Gasteiger partial charge in [0.15, 0.2) is 0 Å². The first-order valence-corrected chi connectivity index (χ1v) is 4.72. The number of unbranched alkanes of at least 4 members (excludes halogenated alkanes) is 1. The van der Waals surface area contributed by atoms with E-state index in [1.54, 1.807) is 11.8 Å². The average molecular weight is 160 g/mol. The third-order valence-corrected chi connectivity index (χ3v) is 2.49. The number of rotatable bonds is 5. The molecule has 60 valence electrons. The van der Waals surface area contributed by atoms with Gasteiger partial charge in [0.25, 0.3) is 0 Å². The molecule has 0 amide bonds. The Hall–Kier alpha value is 0.0500. The first kappa shape index (κ1) is 10.0. The SMILES string of the molecule is C/C=C(/CO)SCCCC. The summed E-state index contributed by atoms with van der Waals surface area (Å²) in [4.78, 5) is 1.09. The highest BCUT2D eigenvalue weighted by atomic mass is 32.2. The molecule has 0 aliphatic rings. The number of allylic oxidation sites excluding steroid dienone is 1. The number of hydrogen-bond donors (Lipinski definition) is 1. The summed E-state index contributed by atoms with van der Waals surface area (Å²) in [5, 5.41) is 8.74. The quantitative estimate of drug-likeness (QED) is 0.623. The lowest BCUT2D eigenvalue weighted by atomic mass is 10.4. The summed E-state index contributed by atoms with van der Waals surface area (Å²) < 4.78 is 0. The Morgan fingerprint density at radius 1 is 1.60 bits per heavy atom. The van der Waals surface area contributed by atoms with Gasteiger partial charge in [-0.15, -0.1) is 11.8 Å². The molecule has 0 heterocycles. The lowest BCUT2D eigenvalue weighted by Gasteiger charge is -2.00. The van der Waals surface area contributed by atoms with E-state index in [0.717, 1.165) is 10.7 Å². The van der Waals surface area contributed by atoms with Crippen molar-refractivity contribution in [3.05, 3.63) is 11.0 Å². The van der Waals surface area contributed by atoms with E-state index in [1.165, 1.54) is 12.8 Å². The van der Waals surface area contributed by atoms with Crippen LogP contribution in [-0.4, -0.2) is 17.5 Å². The van der Waals surface area contributed by atoms with E-state index in [-0.39, 0.29) is 6.61 Å². The molecule has 1 N–H and O–H groups in total. The zero-order chi connectivity index (χ0) is 7.82. The van der Waals surface area contributed by atoms with Crippen molar-refractivity contribution in [2.75, 3.05) is 12.4 Å². The first-order valence-electron chi connectivity index (χ1n) is 3.74. The van der Waals surface area contributed by atoms with Gasteiger partial charge in [0.2, 0.25) is 0 Å². The third kappa shape index (κ3) is 4.89. The summed E-state index contributed by atoms with van der Waals surface area (Å²) >= 11 is 1.76. The Morgan fingerprint density at radius 2 is 2.30 bits per heavy atom. The van der Waals surface area contributed by atoms with Crippen LogP contribution in [0.5, 0.6) is 0 Å². The molecule has 0 rings (SSSR count). The summed E-state index contributed by atoms with van der Waals surface area (Å²) in [5.74, 6) is 1.14. The lowest BCUT2D eigenvalue weighted by molar-refractivity contribution is 0.339. The van der Waals surface area contributed by atoms with Crippen molar-refractivity contribution < 1.29 is 5.11 Å². The third-order valence-electron chi connectivity index (χ3n) is 1.26. The van der Waals surface area contributed by atoms with E-state index in [9.17, 15) is 0 Å². The zero-order valence-corrected chi connectivity index (χ0v) is 7.58. The molecule has 0 unspecified atom stereocenters. The van der Waals surface area contributed by atoms with Gasteiger partial charge in [0.1, 0.15) is 0 Å². The second-order valence-corrected chi connectivity index (χ2v) is 3.34. The van der Waals surface area contributed by atoms with Gasteiger partial charge < -0.3 is 5.11 Å². The smallest absolute Gasteiger partial charge is 0.0737 e. The lowest BCUT2D eigenvalue weighted by Crippen LogP contribution is -1.86. The minimum atomic E-state index is 0.199. The zero-order valence-electron chi connectivity index (χ0n) is 6.76. The molecule has 0 fully saturated rings. The molecule has 0 saturated carbocycles. The number of aliphatic hydroxyl groups excluding tert-OH is 1. The topological polar surface area (TPSA) is 20.2 Å². The molecule has 0 aromatic rings. The standard InChI is InChI=1S/C8H16OS/c1-3-5-6-10-8(4-2)7-9/h4,9H,3,5-7H2,1-2H3/b8-4-. The Labute approximate surface area is 67.5 Å². The monoisotopic (exact) mass is 160 g/mol. The van der Waals surface area contributed by atoms with Crippen LogP contribution in [0.3, 0.4) is 0 Å². The highest BCUT2D eigenvalue weighted by Crippen LogP contribution is 2.15. The Bertz CT molecular complexity index is 99.4. The molecule has 0 aliphatic heterocycles. The summed E-state index contributed by atoms with van der Waals surface area (Å²) in [6, 6.07) is 0. The van der Waals surface area contributed by atoms with Crippen LogP contribution in [0.4, 0.5) is 0 Å². The van der Waals surface area contributed by atoms with Gasteiger partial charge >= 0.3 is 0 Å². The fourth-order valence-electron chi connectivity index (χ4n) is 0.568. The van der Waals surface area contributed by atoms with Gasteiger partial charge in [-0.3, -0.25) is 0 Å². The fourth-order valence-corrected chi connectivity index (χ4v) is 1.52. The molecule has 0 atom stereocenters. The van der Waals surface area contributed by atoms with E-state index < -0.39 is 0 Å². The molecule has 0 radical (unpaired) electrons. The van der Waals surface area contributed by atoms with Crippen LogP contribution >= 0.6 is 11.8 Å². The van der Waals surface area contributed by atoms with Crippen LogP contribution in [0.25, 0.3) is 0 Å². The van der Waals surface area contributed by atoms with E-state index in [1.807, 2.05) is 13.0 Å². The van der Waals surface area contributed by atoms with E-state index in [0.29, 0.717) is 0 Å². The highest BCUT2D eigenvalue weighted by Gasteiger charge is 1.92. The molecule has 0 spiro atoms. The molecule has 0 saturated heterocycles. The summed E-state index contributed by atoms with van der Waals surface area (Å²) in [6.45, 7) is 4.34. The van der Waals surface area contributed by atoms with Crippen LogP contribution in [0.2, 0.25) is 0 Å². The van der Waals surface area contributed by atoms with Crippen molar-refractivity contribution in [2.24, 2.45) is 0 Å². The fraction of sp³-hybridized carbons (Fsp3) is 0.750. The van der Waals surface area contributed by atoms with Gasteiger partial charge in [-0.2, -0.15) is 0 Å². The van der Waals surface area contributed by atoms with Gasteiger partial charge in [0, 0.05) is 4.91 Å². The molecular weight excluding hydrogens is 144 g/mol. The Kier molecular flexibility index (Phi) is 7.20. The molecule has 0 aliphatic carbocycles. The van der Waals surface area contributed by atoms with Gasteiger partial charge in [-0.05, 0) is 19.1 Å². The first-order chi connectivity index (χ1) is 4.85. The minimum absolute atomic E-state index is 0.199. The second kappa shape index (κ2) is 7.16. The number of aliphatic hydroxyl groups is 1. The van der Waals surface area contributed by atoms with E-state index >= 15 is 0 Å². The number of thioether (sulfide) groups is 1. The van der Waals surface area contributed by atoms with Crippen molar-refractivity contribution in [2.45, 2.75) is 26.7 Å². The van der Waals surface area contributed by atoms with Crippen molar-refractivity contribution in [1.29, 1.82) is 0 Å². The number of hydrogen-bond acceptors (Lipinski definition) is 2. The van der Waals surface area contributed by atoms with Crippen LogP contribution < -0.4 is 0 Å². The minimum Gasteiger partial charge on any atom is -0.391 e. The molecule has 2 heteroatoms. The largest absolute Gasteiger partial charge is 0.391 e. The Morgan fingerprint density at radius 3 is 2.70 bits per heavy atom. The predicted molar refractivity (Wildman–Crippen MR) is 48.2 cm³/mol.